The number of para-hydroxylation sites is 1. The van der Waals surface area contributed by atoms with Gasteiger partial charge in [0, 0.05) is 42.2 Å². The van der Waals surface area contributed by atoms with Gasteiger partial charge in [-0.05, 0) is 55.2 Å². The van der Waals surface area contributed by atoms with E-state index in [1.807, 2.05) is 68.4 Å². The van der Waals surface area contributed by atoms with Crippen molar-refractivity contribution >= 4 is 64.9 Å². The predicted molar refractivity (Wildman–Crippen MR) is 212 cm³/mol. The van der Waals surface area contributed by atoms with Crippen LogP contribution >= 0.6 is 12.6 Å². The van der Waals surface area contributed by atoms with Crippen molar-refractivity contribution < 1.29 is 38.7 Å². The number of carbonyl (C=O) groups excluding carboxylic acids is 6. The van der Waals surface area contributed by atoms with E-state index in [1.54, 1.807) is 6.20 Å². The van der Waals surface area contributed by atoms with Crippen LogP contribution in [0.3, 0.4) is 0 Å². The van der Waals surface area contributed by atoms with Crippen molar-refractivity contribution in [3.05, 3.63) is 71.9 Å². The van der Waals surface area contributed by atoms with Gasteiger partial charge in [0.25, 0.3) is 0 Å². The van der Waals surface area contributed by atoms with Gasteiger partial charge in [0.15, 0.2) is 0 Å². The number of aliphatic carboxylic acids is 1. The minimum Gasteiger partial charge on any atom is -0.480 e. The number of carbonyl (C=O) groups is 7. The summed E-state index contributed by atoms with van der Waals surface area (Å²) >= 11 is 4.26. The van der Waals surface area contributed by atoms with Crippen LogP contribution in [0.4, 0.5) is 0 Å². The lowest BCUT2D eigenvalue weighted by molar-refractivity contribution is -0.149. The van der Waals surface area contributed by atoms with E-state index in [9.17, 15) is 38.7 Å². The van der Waals surface area contributed by atoms with Gasteiger partial charge in [0.1, 0.15) is 30.2 Å². The molecule has 0 aliphatic carbocycles. The lowest BCUT2D eigenvalue weighted by atomic mass is 10.0. The Morgan fingerprint density at radius 3 is 2.11 bits per heavy atom. The minimum absolute atomic E-state index is 0.0127. The number of benzene rings is 2. The van der Waals surface area contributed by atoms with E-state index in [-0.39, 0.29) is 56.7 Å². The van der Waals surface area contributed by atoms with Gasteiger partial charge in [0.2, 0.25) is 35.4 Å². The highest BCUT2D eigenvalue weighted by Gasteiger charge is 2.39. The van der Waals surface area contributed by atoms with Crippen molar-refractivity contribution in [1.82, 2.24) is 31.2 Å². The maximum atomic E-state index is 14.0. The molecule has 2 heterocycles. The number of aromatic amines is 1. The predicted octanol–water partition coefficient (Wildman–Crippen LogP) is 0.537. The Kier molecular flexibility index (Phi) is 15.8. The molecule has 3 aromatic rings. The minimum atomic E-state index is -1.40. The number of hydrogen-bond acceptors (Lipinski definition) is 9. The summed E-state index contributed by atoms with van der Waals surface area (Å²) in [4.78, 5) is 96.4. The Bertz CT molecular complexity index is 1870. The Morgan fingerprint density at radius 2 is 1.45 bits per heavy atom. The van der Waals surface area contributed by atoms with Crippen LogP contribution in [0.1, 0.15) is 57.1 Å². The molecule has 6 amide bonds. The van der Waals surface area contributed by atoms with E-state index in [4.69, 9.17) is 11.5 Å². The SMILES string of the molecule is CC(C)C[C@H](NC(=O)[C@@H](N)Cc1ccccc1)C(=O)N[C@@H](CS)C(=O)N[C@@H](CCC(N)=O)C(=O)N[C@@H](Cc1c[nH]c2ccccc12)C(=O)N1CCC[C@H]1C(=O)O. The summed E-state index contributed by atoms with van der Waals surface area (Å²) in [5.74, 6) is -5.64. The van der Waals surface area contributed by atoms with Crippen LogP contribution in [0, 0.1) is 5.92 Å². The van der Waals surface area contributed by atoms with Crippen LogP contribution in [-0.2, 0) is 46.4 Å². The molecule has 10 N–H and O–H groups in total. The molecule has 0 saturated carbocycles. The number of carboxylic acid groups (broad SMARTS) is 1. The number of likely N-dealkylation sites (tertiary alicyclic amines) is 1. The molecule has 0 spiro atoms. The fourth-order valence-corrected chi connectivity index (χ4v) is 6.97. The Labute approximate surface area is 330 Å². The third-order valence-electron chi connectivity index (χ3n) is 9.64. The Hall–Kier alpha value is -5.42. The van der Waals surface area contributed by atoms with Crippen LogP contribution in [0.25, 0.3) is 10.9 Å². The second-order valence-electron chi connectivity index (χ2n) is 14.4. The molecular weight excluding hydrogens is 741 g/mol. The molecule has 302 valence electrons. The topological polar surface area (TPSA) is 259 Å². The van der Waals surface area contributed by atoms with E-state index < -0.39 is 77.7 Å². The molecule has 0 unspecified atom stereocenters. The van der Waals surface area contributed by atoms with Gasteiger partial charge < -0.3 is 47.7 Å². The highest BCUT2D eigenvalue weighted by molar-refractivity contribution is 7.80. The fourth-order valence-electron chi connectivity index (χ4n) is 6.72. The number of carboxylic acids is 1. The molecule has 1 aromatic heterocycles. The van der Waals surface area contributed by atoms with Gasteiger partial charge in [-0.3, -0.25) is 28.8 Å². The van der Waals surface area contributed by atoms with Crippen molar-refractivity contribution in [2.45, 2.75) is 95.0 Å². The molecule has 1 aliphatic rings. The van der Waals surface area contributed by atoms with E-state index in [0.29, 0.717) is 12.0 Å². The number of nitrogens with zero attached hydrogens (tertiary/aromatic N) is 1. The van der Waals surface area contributed by atoms with E-state index in [1.165, 1.54) is 4.90 Å². The zero-order chi connectivity index (χ0) is 40.9. The highest BCUT2D eigenvalue weighted by Crippen LogP contribution is 2.23. The smallest absolute Gasteiger partial charge is 0.326 e. The van der Waals surface area contributed by atoms with Crippen molar-refractivity contribution in [2.75, 3.05) is 12.3 Å². The molecule has 6 atom stereocenters. The van der Waals surface area contributed by atoms with Gasteiger partial charge in [-0.2, -0.15) is 12.6 Å². The largest absolute Gasteiger partial charge is 0.480 e. The molecule has 56 heavy (non-hydrogen) atoms. The third kappa shape index (κ3) is 12.0. The summed E-state index contributed by atoms with van der Waals surface area (Å²) in [6.45, 7) is 3.91. The summed E-state index contributed by atoms with van der Waals surface area (Å²) in [5, 5.41) is 21.2. The molecule has 1 aliphatic heterocycles. The number of aromatic nitrogens is 1. The van der Waals surface area contributed by atoms with Gasteiger partial charge in [0.05, 0.1) is 6.04 Å². The normalized spacial score (nSPS) is 16.7. The molecule has 1 fully saturated rings. The second-order valence-corrected chi connectivity index (χ2v) is 14.8. The molecule has 4 rings (SSSR count). The molecule has 0 bridgehead atoms. The summed E-state index contributed by atoms with van der Waals surface area (Å²) in [7, 11) is 0. The van der Waals surface area contributed by atoms with Crippen LogP contribution in [0.2, 0.25) is 0 Å². The average Bonchev–Trinajstić information content (AvgIpc) is 3.82. The van der Waals surface area contributed by atoms with Crippen molar-refractivity contribution in [3.8, 4) is 0 Å². The molecule has 1 saturated heterocycles. The van der Waals surface area contributed by atoms with Crippen LogP contribution in [-0.4, -0.2) is 105 Å². The Balaban J connectivity index is 1.50. The van der Waals surface area contributed by atoms with Gasteiger partial charge in [-0.1, -0.05) is 62.4 Å². The van der Waals surface area contributed by atoms with Crippen molar-refractivity contribution in [2.24, 2.45) is 17.4 Å². The maximum absolute atomic E-state index is 14.0. The summed E-state index contributed by atoms with van der Waals surface area (Å²) in [5.41, 5.74) is 13.9. The van der Waals surface area contributed by atoms with Crippen molar-refractivity contribution in [3.63, 3.8) is 0 Å². The molecular formula is C39H52N8O8S. The van der Waals surface area contributed by atoms with Gasteiger partial charge in [-0.25, -0.2) is 4.79 Å². The van der Waals surface area contributed by atoms with Crippen LogP contribution < -0.4 is 32.7 Å². The number of nitrogens with one attached hydrogen (secondary N) is 5. The third-order valence-corrected chi connectivity index (χ3v) is 10.0. The van der Waals surface area contributed by atoms with Crippen molar-refractivity contribution in [1.29, 1.82) is 0 Å². The highest BCUT2D eigenvalue weighted by atomic mass is 32.1. The zero-order valence-corrected chi connectivity index (χ0v) is 32.4. The Morgan fingerprint density at radius 1 is 0.839 bits per heavy atom. The van der Waals surface area contributed by atoms with E-state index in [0.717, 1.165) is 16.5 Å². The monoisotopic (exact) mass is 792 g/mol. The number of thiol groups is 1. The van der Waals surface area contributed by atoms with E-state index in [2.05, 4.69) is 38.9 Å². The first-order chi connectivity index (χ1) is 26.7. The lowest BCUT2D eigenvalue weighted by Gasteiger charge is -2.29. The number of hydrogen-bond donors (Lipinski definition) is 9. The molecule has 0 radical (unpaired) electrons. The summed E-state index contributed by atoms with van der Waals surface area (Å²) in [6.07, 6.45) is 2.32. The van der Waals surface area contributed by atoms with Crippen LogP contribution in [0.15, 0.2) is 60.8 Å². The lowest BCUT2D eigenvalue weighted by Crippen LogP contribution is -2.60. The average molecular weight is 793 g/mol. The first-order valence-corrected chi connectivity index (χ1v) is 19.3. The fraction of sp³-hybridized carbons (Fsp3) is 0.462. The van der Waals surface area contributed by atoms with Crippen LogP contribution in [0.5, 0.6) is 0 Å². The molecule has 16 nitrogen and oxygen atoms in total. The molecule has 17 heteroatoms. The number of rotatable bonds is 20. The first-order valence-electron chi connectivity index (χ1n) is 18.7. The number of amides is 6. The van der Waals surface area contributed by atoms with Gasteiger partial charge >= 0.3 is 5.97 Å². The van der Waals surface area contributed by atoms with E-state index >= 15 is 0 Å². The first kappa shape index (κ1) is 43.3. The summed E-state index contributed by atoms with van der Waals surface area (Å²) in [6, 6.07) is 9.52. The number of primary amides is 1. The maximum Gasteiger partial charge on any atom is 0.326 e. The second kappa shape index (κ2) is 20.5. The zero-order valence-electron chi connectivity index (χ0n) is 31.5. The number of nitrogens with two attached hydrogens (primary N) is 2. The van der Waals surface area contributed by atoms with Gasteiger partial charge in [-0.15, -0.1) is 0 Å². The number of H-pyrrole nitrogens is 1. The standard InChI is InChI=1S/C39H52N8O8S/c1-22(2)17-29(44-34(49)26(40)18-23-9-4-3-5-10-23)36(51)46-31(21-56)37(52)43-28(14-15-33(41)48)35(50)45-30(38(53)47-16-8-13-32(47)39(54)55)19-24-20-42-27-12-7-6-11-25(24)27/h3-7,9-12,20,22,26,28-32,42,56H,8,13-19,21,40H2,1-2H3,(H2,41,48)(H,43,52)(H,44,49)(H,45,50)(H,46,51)(H,54,55)/t26-,28-,29-,30-,31-,32-/m0/s1. The summed E-state index contributed by atoms with van der Waals surface area (Å²) < 4.78 is 0. The number of fused-ring (bicyclic) bond motifs is 1. The quantitative estimate of drug-likeness (QED) is 0.0723. The molecule has 2 aromatic carbocycles.